The molecule has 0 amide bonds. The maximum Gasteiger partial charge on any atom is 0.312 e. The van der Waals surface area contributed by atoms with Crippen molar-refractivity contribution in [2.75, 3.05) is 0 Å². The maximum absolute atomic E-state index is 10.9. The number of nitrogens with one attached hydrogen (secondary N) is 1. The number of aryl methyl sites for hydroxylation is 1. The highest BCUT2D eigenvalue weighted by atomic mass is 35.5. The van der Waals surface area contributed by atoms with Crippen molar-refractivity contribution >= 4 is 28.5 Å². The van der Waals surface area contributed by atoms with Crippen LogP contribution in [0.4, 0.5) is 0 Å². The molecule has 1 atom stereocenters. The second kappa shape index (κ2) is 3.83. The van der Waals surface area contributed by atoms with Gasteiger partial charge in [0.25, 0.3) is 0 Å². The third-order valence-corrected chi connectivity index (χ3v) is 3.14. The van der Waals surface area contributed by atoms with E-state index in [1.165, 1.54) is 0 Å². The summed E-state index contributed by atoms with van der Waals surface area (Å²) in [6.07, 6.45) is 0. The van der Waals surface area contributed by atoms with Gasteiger partial charge in [0, 0.05) is 16.1 Å². The quantitative estimate of drug-likeness (QED) is 0.842. The third kappa shape index (κ3) is 1.67. The zero-order chi connectivity index (χ0) is 11.9. The van der Waals surface area contributed by atoms with Crippen LogP contribution >= 0.6 is 11.6 Å². The second-order valence-corrected chi connectivity index (χ2v) is 4.34. The Balaban J connectivity index is 2.64. The largest absolute Gasteiger partial charge is 0.481 e. The van der Waals surface area contributed by atoms with Crippen LogP contribution in [0.1, 0.15) is 24.1 Å². The van der Waals surface area contributed by atoms with Crippen molar-refractivity contribution in [2.45, 2.75) is 19.8 Å². The molecule has 0 aliphatic heterocycles. The normalized spacial score (nSPS) is 12.9. The molecular weight excluding hydrogens is 226 g/mol. The molecule has 1 aromatic carbocycles. The topological polar surface area (TPSA) is 53.1 Å². The Morgan fingerprint density at radius 2 is 2.19 bits per heavy atom. The number of hydrogen-bond donors (Lipinski definition) is 2. The number of H-pyrrole nitrogens is 1. The molecule has 16 heavy (non-hydrogen) atoms. The van der Waals surface area contributed by atoms with Gasteiger partial charge in [0.2, 0.25) is 0 Å². The first-order chi connectivity index (χ1) is 7.50. The Bertz CT molecular complexity index is 520. The van der Waals surface area contributed by atoms with Crippen molar-refractivity contribution in [3.63, 3.8) is 0 Å². The van der Waals surface area contributed by atoms with E-state index >= 15 is 0 Å². The molecule has 1 unspecified atom stereocenters. The van der Waals surface area contributed by atoms with Crippen LogP contribution in [0.25, 0.3) is 10.9 Å². The Kier molecular flexibility index (Phi) is 2.64. The molecule has 0 bridgehead atoms. The molecule has 0 fully saturated rings. The van der Waals surface area contributed by atoms with Crippen LogP contribution in [-0.4, -0.2) is 16.1 Å². The SMILES string of the molecule is Cc1ccc(Cl)c2cc(C(C)C(=O)O)[nH]c12. The fraction of sp³-hybridized carbons (Fsp3) is 0.250. The van der Waals surface area contributed by atoms with E-state index in [2.05, 4.69) is 4.98 Å². The first kappa shape index (κ1) is 11.0. The Morgan fingerprint density at radius 1 is 1.50 bits per heavy atom. The highest BCUT2D eigenvalue weighted by molar-refractivity contribution is 6.35. The number of carboxylic acids is 1. The average Bonchev–Trinajstić information content (AvgIpc) is 2.68. The van der Waals surface area contributed by atoms with Gasteiger partial charge >= 0.3 is 5.97 Å². The lowest BCUT2D eigenvalue weighted by molar-refractivity contribution is -0.138. The number of rotatable bonds is 2. The summed E-state index contributed by atoms with van der Waals surface area (Å²) in [6.45, 7) is 3.61. The van der Waals surface area contributed by atoms with E-state index in [1.54, 1.807) is 6.92 Å². The summed E-state index contributed by atoms with van der Waals surface area (Å²) in [5.41, 5.74) is 2.65. The first-order valence-corrected chi connectivity index (χ1v) is 5.39. The van der Waals surface area contributed by atoms with Gasteiger partial charge in [-0.05, 0) is 31.5 Å². The summed E-state index contributed by atoms with van der Waals surface area (Å²) in [5, 5.41) is 10.5. The van der Waals surface area contributed by atoms with Gasteiger partial charge < -0.3 is 10.1 Å². The molecule has 1 heterocycles. The van der Waals surface area contributed by atoms with E-state index in [1.807, 2.05) is 25.1 Å². The number of benzene rings is 1. The number of aromatic amines is 1. The van der Waals surface area contributed by atoms with Gasteiger partial charge in [0.15, 0.2) is 0 Å². The molecule has 0 radical (unpaired) electrons. The number of carboxylic acid groups (broad SMARTS) is 1. The number of carbonyl (C=O) groups is 1. The standard InChI is InChI=1S/C12H12ClNO2/c1-6-3-4-9(13)8-5-10(14-11(6)8)7(2)12(15)16/h3-5,7,14H,1-2H3,(H,15,16). The van der Waals surface area contributed by atoms with Gasteiger partial charge in [-0.25, -0.2) is 0 Å². The molecular formula is C12H12ClNO2. The number of halogens is 1. The van der Waals surface area contributed by atoms with Gasteiger partial charge in [-0.2, -0.15) is 0 Å². The summed E-state index contributed by atoms with van der Waals surface area (Å²) in [7, 11) is 0. The summed E-state index contributed by atoms with van der Waals surface area (Å²) in [5.74, 6) is -1.40. The summed E-state index contributed by atoms with van der Waals surface area (Å²) < 4.78 is 0. The van der Waals surface area contributed by atoms with Crippen molar-refractivity contribution in [1.82, 2.24) is 4.98 Å². The van der Waals surface area contributed by atoms with Crippen LogP contribution in [0.3, 0.4) is 0 Å². The van der Waals surface area contributed by atoms with Gasteiger partial charge in [-0.15, -0.1) is 0 Å². The molecule has 4 heteroatoms. The summed E-state index contributed by atoms with van der Waals surface area (Å²) in [6, 6.07) is 5.54. The van der Waals surface area contributed by atoms with Gasteiger partial charge in [0.1, 0.15) is 0 Å². The lowest BCUT2D eigenvalue weighted by Crippen LogP contribution is -2.07. The minimum Gasteiger partial charge on any atom is -0.481 e. The maximum atomic E-state index is 10.9. The van der Waals surface area contributed by atoms with Crippen molar-refractivity contribution in [3.05, 3.63) is 34.5 Å². The Morgan fingerprint density at radius 3 is 2.75 bits per heavy atom. The zero-order valence-electron chi connectivity index (χ0n) is 9.04. The molecule has 0 saturated carbocycles. The smallest absolute Gasteiger partial charge is 0.312 e. The molecule has 0 aliphatic rings. The molecule has 0 saturated heterocycles. The highest BCUT2D eigenvalue weighted by Crippen LogP contribution is 2.29. The minimum absolute atomic E-state index is 0.553. The van der Waals surface area contributed by atoms with Gasteiger partial charge in [0.05, 0.1) is 11.4 Å². The lowest BCUT2D eigenvalue weighted by Gasteiger charge is -2.01. The van der Waals surface area contributed by atoms with E-state index in [0.717, 1.165) is 16.5 Å². The van der Waals surface area contributed by atoms with Crippen molar-refractivity contribution in [1.29, 1.82) is 0 Å². The molecule has 2 N–H and O–H groups in total. The highest BCUT2D eigenvalue weighted by Gasteiger charge is 2.17. The molecule has 84 valence electrons. The van der Waals surface area contributed by atoms with E-state index in [9.17, 15) is 4.79 Å². The fourth-order valence-electron chi connectivity index (χ4n) is 1.71. The summed E-state index contributed by atoms with van der Waals surface area (Å²) in [4.78, 5) is 14.0. The van der Waals surface area contributed by atoms with Gasteiger partial charge in [-0.1, -0.05) is 17.7 Å². The van der Waals surface area contributed by atoms with Gasteiger partial charge in [-0.3, -0.25) is 4.79 Å². The Labute approximate surface area is 98.0 Å². The van der Waals surface area contributed by atoms with Crippen LogP contribution in [0.5, 0.6) is 0 Å². The van der Waals surface area contributed by atoms with E-state index < -0.39 is 11.9 Å². The third-order valence-electron chi connectivity index (χ3n) is 2.81. The predicted octanol–water partition coefficient (Wildman–Crippen LogP) is 3.32. The first-order valence-electron chi connectivity index (χ1n) is 5.01. The number of aliphatic carboxylic acids is 1. The second-order valence-electron chi connectivity index (χ2n) is 3.94. The number of hydrogen-bond acceptors (Lipinski definition) is 1. The van der Waals surface area contributed by atoms with Crippen LogP contribution in [0, 0.1) is 6.92 Å². The van der Waals surface area contributed by atoms with Crippen molar-refractivity contribution in [2.24, 2.45) is 0 Å². The number of fused-ring (bicyclic) bond motifs is 1. The fourth-order valence-corrected chi connectivity index (χ4v) is 1.92. The molecule has 2 rings (SSSR count). The zero-order valence-corrected chi connectivity index (χ0v) is 9.80. The molecule has 1 aromatic heterocycles. The minimum atomic E-state index is -0.847. The van der Waals surface area contributed by atoms with Crippen LogP contribution in [0.15, 0.2) is 18.2 Å². The van der Waals surface area contributed by atoms with E-state index in [-0.39, 0.29) is 0 Å². The monoisotopic (exact) mass is 237 g/mol. The van der Waals surface area contributed by atoms with Crippen LogP contribution in [-0.2, 0) is 4.79 Å². The van der Waals surface area contributed by atoms with Crippen molar-refractivity contribution in [3.8, 4) is 0 Å². The average molecular weight is 238 g/mol. The Hall–Kier alpha value is -1.48. The van der Waals surface area contributed by atoms with Crippen molar-refractivity contribution < 1.29 is 9.90 Å². The molecule has 3 nitrogen and oxygen atoms in total. The van der Waals surface area contributed by atoms with Crippen LogP contribution < -0.4 is 0 Å². The predicted molar refractivity (Wildman–Crippen MR) is 64.1 cm³/mol. The molecule has 0 aliphatic carbocycles. The van der Waals surface area contributed by atoms with E-state index in [4.69, 9.17) is 16.7 Å². The summed E-state index contributed by atoms with van der Waals surface area (Å²) >= 11 is 6.06. The lowest BCUT2D eigenvalue weighted by atomic mass is 10.1. The molecule has 0 spiro atoms. The molecule has 2 aromatic rings. The number of aromatic nitrogens is 1. The van der Waals surface area contributed by atoms with E-state index in [0.29, 0.717) is 10.7 Å². The van der Waals surface area contributed by atoms with Crippen LogP contribution in [0.2, 0.25) is 5.02 Å².